The molecule has 94 valence electrons. The van der Waals surface area contributed by atoms with E-state index in [1.54, 1.807) is 0 Å². The van der Waals surface area contributed by atoms with Crippen molar-refractivity contribution >= 4 is 5.69 Å². The van der Waals surface area contributed by atoms with Gasteiger partial charge in [-0.2, -0.15) is 0 Å². The molecular weight excluding hydrogens is 210 g/mol. The van der Waals surface area contributed by atoms with E-state index in [0.717, 1.165) is 26.2 Å². The van der Waals surface area contributed by atoms with Gasteiger partial charge in [-0.3, -0.25) is 4.90 Å². The molecule has 0 spiro atoms. The highest BCUT2D eigenvalue weighted by atomic mass is 15.2. The number of para-hydroxylation sites is 1. The van der Waals surface area contributed by atoms with E-state index in [0.29, 0.717) is 6.04 Å². The fourth-order valence-electron chi connectivity index (χ4n) is 2.42. The first-order valence-corrected chi connectivity index (χ1v) is 6.38. The van der Waals surface area contributed by atoms with Gasteiger partial charge in [0.25, 0.3) is 0 Å². The Morgan fingerprint density at radius 1 is 1.35 bits per heavy atom. The minimum Gasteiger partial charge on any atom is -0.377 e. The predicted octanol–water partition coefficient (Wildman–Crippen LogP) is 1.55. The molecule has 0 aliphatic carbocycles. The normalized spacial score (nSPS) is 21.5. The summed E-state index contributed by atoms with van der Waals surface area (Å²) < 4.78 is 0. The van der Waals surface area contributed by atoms with Crippen LogP contribution >= 0.6 is 0 Å². The van der Waals surface area contributed by atoms with Gasteiger partial charge in [-0.25, -0.2) is 0 Å². The maximum Gasteiger partial charge on any atom is 0.0406 e. The van der Waals surface area contributed by atoms with E-state index >= 15 is 0 Å². The second-order valence-electron chi connectivity index (χ2n) is 5.05. The van der Waals surface area contributed by atoms with Gasteiger partial charge in [0.15, 0.2) is 0 Å². The topological polar surface area (TPSA) is 18.5 Å². The molecule has 2 rings (SSSR count). The van der Waals surface area contributed by atoms with Gasteiger partial charge in [0.1, 0.15) is 0 Å². The van der Waals surface area contributed by atoms with Crippen molar-refractivity contribution in [1.29, 1.82) is 0 Å². The van der Waals surface area contributed by atoms with Crippen LogP contribution in [0.2, 0.25) is 0 Å². The average Bonchev–Trinajstić information content (AvgIpc) is 2.32. The van der Waals surface area contributed by atoms with Gasteiger partial charge in [0.2, 0.25) is 0 Å². The van der Waals surface area contributed by atoms with Crippen LogP contribution in [0.1, 0.15) is 12.5 Å². The van der Waals surface area contributed by atoms with Crippen molar-refractivity contribution in [3.8, 4) is 0 Å². The Kier molecular flexibility index (Phi) is 4.02. The Bertz CT molecular complexity index is 362. The van der Waals surface area contributed by atoms with Crippen LogP contribution in [0.5, 0.6) is 0 Å². The largest absolute Gasteiger partial charge is 0.377 e. The van der Waals surface area contributed by atoms with Gasteiger partial charge in [-0.1, -0.05) is 18.2 Å². The number of hydrogen-bond acceptors (Lipinski definition) is 3. The molecule has 1 aliphatic heterocycles. The van der Waals surface area contributed by atoms with Crippen LogP contribution in [0.4, 0.5) is 5.69 Å². The highest BCUT2D eigenvalue weighted by Crippen LogP contribution is 2.20. The molecule has 1 aliphatic rings. The molecule has 1 atom stereocenters. The van der Waals surface area contributed by atoms with E-state index in [1.807, 2.05) is 0 Å². The van der Waals surface area contributed by atoms with Crippen molar-refractivity contribution in [2.24, 2.45) is 0 Å². The van der Waals surface area contributed by atoms with E-state index in [9.17, 15) is 0 Å². The van der Waals surface area contributed by atoms with Gasteiger partial charge >= 0.3 is 0 Å². The second-order valence-corrected chi connectivity index (χ2v) is 5.05. The van der Waals surface area contributed by atoms with Crippen molar-refractivity contribution in [2.45, 2.75) is 19.5 Å². The first-order chi connectivity index (χ1) is 8.18. The third kappa shape index (κ3) is 2.99. The summed E-state index contributed by atoms with van der Waals surface area (Å²) in [6, 6.07) is 9.31. The van der Waals surface area contributed by atoms with E-state index in [-0.39, 0.29) is 0 Å². The maximum absolute atomic E-state index is 3.44. The summed E-state index contributed by atoms with van der Waals surface area (Å²) in [5.41, 5.74) is 2.75. The molecule has 0 unspecified atom stereocenters. The molecule has 0 bridgehead atoms. The van der Waals surface area contributed by atoms with Gasteiger partial charge in [0, 0.05) is 52.0 Å². The zero-order valence-electron chi connectivity index (χ0n) is 11.1. The Morgan fingerprint density at radius 2 is 2.12 bits per heavy atom. The van der Waals surface area contributed by atoms with Crippen LogP contribution in [0.25, 0.3) is 0 Å². The summed E-state index contributed by atoms with van der Waals surface area (Å²) in [5.74, 6) is 0. The van der Waals surface area contributed by atoms with Crippen LogP contribution in [-0.2, 0) is 6.54 Å². The average molecular weight is 233 g/mol. The summed E-state index contributed by atoms with van der Waals surface area (Å²) in [6.45, 7) is 6.70. The van der Waals surface area contributed by atoms with Crippen molar-refractivity contribution in [1.82, 2.24) is 10.2 Å². The molecule has 0 radical (unpaired) electrons. The Hall–Kier alpha value is -1.06. The molecular formula is C14H23N3. The summed E-state index contributed by atoms with van der Waals surface area (Å²) in [4.78, 5) is 4.75. The number of rotatable bonds is 3. The van der Waals surface area contributed by atoms with E-state index in [1.165, 1.54) is 11.3 Å². The number of piperazine rings is 1. The fourth-order valence-corrected chi connectivity index (χ4v) is 2.42. The molecule has 3 nitrogen and oxygen atoms in total. The fraction of sp³-hybridized carbons (Fsp3) is 0.571. The first kappa shape index (κ1) is 12.4. The monoisotopic (exact) mass is 233 g/mol. The maximum atomic E-state index is 3.44. The minimum absolute atomic E-state index is 0.624. The Balaban J connectivity index is 2.12. The summed E-state index contributed by atoms with van der Waals surface area (Å²) in [5, 5.41) is 3.44. The molecule has 0 saturated carbocycles. The number of hydrogen-bond donors (Lipinski definition) is 1. The first-order valence-electron chi connectivity index (χ1n) is 6.38. The van der Waals surface area contributed by atoms with Crippen LogP contribution in [0.15, 0.2) is 24.3 Å². The number of nitrogens with zero attached hydrogens (tertiary/aromatic N) is 2. The Morgan fingerprint density at radius 3 is 2.82 bits per heavy atom. The quantitative estimate of drug-likeness (QED) is 0.854. The van der Waals surface area contributed by atoms with Crippen molar-refractivity contribution < 1.29 is 0 Å². The summed E-state index contributed by atoms with van der Waals surface area (Å²) in [6.07, 6.45) is 0. The van der Waals surface area contributed by atoms with Gasteiger partial charge in [-0.05, 0) is 18.6 Å². The molecule has 0 aromatic heterocycles. The smallest absolute Gasteiger partial charge is 0.0406 e. The van der Waals surface area contributed by atoms with Gasteiger partial charge < -0.3 is 10.2 Å². The van der Waals surface area contributed by atoms with Crippen LogP contribution in [-0.4, -0.2) is 44.7 Å². The lowest BCUT2D eigenvalue weighted by molar-refractivity contribution is 0.166. The lowest BCUT2D eigenvalue weighted by Crippen LogP contribution is -2.49. The van der Waals surface area contributed by atoms with Crippen LogP contribution in [0, 0.1) is 0 Å². The van der Waals surface area contributed by atoms with Crippen molar-refractivity contribution in [3.63, 3.8) is 0 Å². The van der Waals surface area contributed by atoms with Crippen molar-refractivity contribution in [2.75, 3.05) is 38.6 Å². The summed E-state index contributed by atoms with van der Waals surface area (Å²) >= 11 is 0. The molecule has 3 heteroatoms. The van der Waals surface area contributed by atoms with E-state index < -0.39 is 0 Å². The third-order valence-electron chi connectivity index (χ3n) is 3.49. The Labute approximate surface area is 104 Å². The highest BCUT2D eigenvalue weighted by Gasteiger charge is 2.18. The standard InChI is InChI=1S/C14H23N3/c1-12-10-15-8-9-17(12)11-13-6-4-5-7-14(13)16(2)3/h4-7,12,15H,8-11H2,1-3H3/t12-/m1/s1. The zero-order chi connectivity index (χ0) is 12.3. The number of benzene rings is 1. The second kappa shape index (κ2) is 5.52. The molecule has 0 amide bonds. The lowest BCUT2D eigenvalue weighted by atomic mass is 10.1. The summed E-state index contributed by atoms with van der Waals surface area (Å²) in [7, 11) is 4.22. The molecule has 1 aromatic rings. The molecule has 17 heavy (non-hydrogen) atoms. The number of nitrogens with one attached hydrogen (secondary N) is 1. The highest BCUT2D eigenvalue weighted by molar-refractivity contribution is 5.52. The number of anilines is 1. The molecule has 1 heterocycles. The molecule has 1 N–H and O–H groups in total. The SMILES string of the molecule is C[C@@H]1CNCCN1Cc1ccccc1N(C)C. The van der Waals surface area contributed by atoms with Crippen molar-refractivity contribution in [3.05, 3.63) is 29.8 Å². The predicted molar refractivity (Wildman–Crippen MR) is 73.5 cm³/mol. The molecule has 1 saturated heterocycles. The zero-order valence-corrected chi connectivity index (χ0v) is 11.1. The molecule has 1 fully saturated rings. The van der Waals surface area contributed by atoms with Gasteiger partial charge in [-0.15, -0.1) is 0 Å². The minimum atomic E-state index is 0.624. The molecule has 1 aromatic carbocycles. The lowest BCUT2D eigenvalue weighted by Gasteiger charge is -2.34. The van der Waals surface area contributed by atoms with E-state index in [2.05, 4.69) is 60.4 Å². The van der Waals surface area contributed by atoms with E-state index in [4.69, 9.17) is 0 Å². The van der Waals surface area contributed by atoms with Crippen LogP contribution < -0.4 is 10.2 Å². The van der Waals surface area contributed by atoms with Crippen LogP contribution in [0.3, 0.4) is 0 Å². The third-order valence-corrected chi connectivity index (χ3v) is 3.49. The van der Waals surface area contributed by atoms with Gasteiger partial charge in [0.05, 0.1) is 0 Å².